The van der Waals surface area contributed by atoms with Crippen LogP contribution in [0.3, 0.4) is 0 Å². The summed E-state index contributed by atoms with van der Waals surface area (Å²) in [7, 11) is -3.77. The highest BCUT2D eigenvalue weighted by Gasteiger charge is 2.32. The topological polar surface area (TPSA) is 117 Å². The molecule has 6 rings (SSSR count). The summed E-state index contributed by atoms with van der Waals surface area (Å²) in [5, 5.41) is 14.9. The molecule has 2 atom stereocenters. The minimum atomic E-state index is -3.77. The predicted octanol–water partition coefficient (Wildman–Crippen LogP) is 5.28. The molecule has 0 radical (unpaired) electrons. The third kappa shape index (κ3) is 5.30. The van der Waals surface area contributed by atoms with Gasteiger partial charge in [0.05, 0.1) is 39.4 Å². The number of para-hydroxylation sites is 3. The molecule has 10 heteroatoms. The van der Waals surface area contributed by atoms with E-state index in [0.717, 1.165) is 16.7 Å². The average molecular weight is 565 g/mol. The van der Waals surface area contributed by atoms with E-state index in [9.17, 15) is 13.7 Å². The fraction of sp³-hybridized carbons (Fsp3) is 0.194. The molecule has 1 fully saturated rings. The maximum absolute atomic E-state index is 13.6. The van der Waals surface area contributed by atoms with Crippen LogP contribution >= 0.6 is 0 Å². The quantitative estimate of drug-likeness (QED) is 0.281. The Kier molecular flexibility index (Phi) is 7.01. The van der Waals surface area contributed by atoms with E-state index in [1.165, 1.54) is 4.31 Å². The van der Waals surface area contributed by atoms with Crippen LogP contribution in [0.5, 0.6) is 0 Å². The van der Waals surface area contributed by atoms with E-state index in [0.29, 0.717) is 28.2 Å². The van der Waals surface area contributed by atoms with Crippen molar-refractivity contribution >= 4 is 32.7 Å². The van der Waals surface area contributed by atoms with E-state index >= 15 is 0 Å². The van der Waals surface area contributed by atoms with Crippen molar-refractivity contribution in [3.8, 4) is 23.0 Å². The number of morpholine rings is 1. The zero-order chi connectivity index (χ0) is 28.6. The van der Waals surface area contributed by atoms with Gasteiger partial charge in [0.1, 0.15) is 17.6 Å². The predicted molar refractivity (Wildman–Crippen MR) is 157 cm³/mol. The lowest BCUT2D eigenvalue weighted by Crippen LogP contribution is -2.48. The standard InChI is InChI=1S/C31H28N6O3S/c1-21-18-36(19-22(2)40-21)41(38,39)27-12-8-9-23(16-27)30-25(20-37(35-30)26-10-4-3-5-11-26)15-24(17-32)31-33-28-13-6-7-14-29(28)34-31/h3-16,20-22H,18-19H2,1-2H3,(H,33,34)/b24-15-/t21-,22-/m1/s1. The minimum Gasteiger partial charge on any atom is -0.373 e. The Bertz CT molecular complexity index is 1860. The molecule has 1 saturated heterocycles. The maximum Gasteiger partial charge on any atom is 0.243 e. The fourth-order valence-electron chi connectivity index (χ4n) is 5.10. The van der Waals surface area contributed by atoms with E-state index in [4.69, 9.17) is 9.84 Å². The number of ether oxygens (including phenoxy) is 1. The van der Waals surface area contributed by atoms with Crippen LogP contribution in [-0.2, 0) is 14.8 Å². The van der Waals surface area contributed by atoms with Crippen molar-refractivity contribution in [3.63, 3.8) is 0 Å². The molecule has 1 aliphatic heterocycles. The Balaban J connectivity index is 1.46. The summed E-state index contributed by atoms with van der Waals surface area (Å²) in [4.78, 5) is 7.98. The zero-order valence-corrected chi connectivity index (χ0v) is 23.4. The molecule has 206 valence electrons. The lowest BCUT2D eigenvalue weighted by molar-refractivity contribution is -0.0440. The number of sulfonamides is 1. The van der Waals surface area contributed by atoms with E-state index in [1.807, 2.05) is 80.7 Å². The monoisotopic (exact) mass is 564 g/mol. The molecular weight excluding hydrogens is 536 g/mol. The molecular formula is C31H28N6O3S. The summed E-state index contributed by atoms with van der Waals surface area (Å²) in [5.41, 5.74) is 4.55. The zero-order valence-electron chi connectivity index (χ0n) is 22.6. The molecule has 0 aliphatic carbocycles. The number of nitrogens with one attached hydrogen (secondary N) is 1. The highest BCUT2D eigenvalue weighted by Crippen LogP contribution is 2.31. The molecule has 0 spiro atoms. The Hall–Kier alpha value is -4.56. The van der Waals surface area contributed by atoms with Crippen molar-refractivity contribution in [1.29, 1.82) is 5.26 Å². The number of hydrogen-bond donors (Lipinski definition) is 1. The van der Waals surface area contributed by atoms with Crippen molar-refractivity contribution in [2.45, 2.75) is 31.0 Å². The van der Waals surface area contributed by atoms with Crippen molar-refractivity contribution in [2.75, 3.05) is 13.1 Å². The van der Waals surface area contributed by atoms with Crippen molar-refractivity contribution < 1.29 is 13.2 Å². The second-order valence-electron chi connectivity index (χ2n) is 10.1. The van der Waals surface area contributed by atoms with Crippen LogP contribution in [0, 0.1) is 11.3 Å². The number of nitriles is 1. The summed E-state index contributed by atoms with van der Waals surface area (Å²) in [6, 6.07) is 26.2. The van der Waals surface area contributed by atoms with Crippen LogP contribution in [0.25, 0.3) is 39.6 Å². The Labute approximate surface area is 238 Å². The number of fused-ring (bicyclic) bond motifs is 1. The van der Waals surface area contributed by atoms with Gasteiger partial charge < -0.3 is 9.72 Å². The van der Waals surface area contributed by atoms with E-state index in [2.05, 4.69) is 16.0 Å². The van der Waals surface area contributed by atoms with Crippen LogP contribution in [0.1, 0.15) is 25.2 Å². The summed E-state index contributed by atoms with van der Waals surface area (Å²) in [6.07, 6.45) is 3.17. The van der Waals surface area contributed by atoms with Crippen LogP contribution < -0.4 is 0 Å². The molecule has 1 N–H and O–H groups in total. The van der Waals surface area contributed by atoms with Crippen LogP contribution in [0.4, 0.5) is 0 Å². The lowest BCUT2D eigenvalue weighted by atomic mass is 10.1. The fourth-order valence-corrected chi connectivity index (χ4v) is 6.74. The molecule has 3 heterocycles. The van der Waals surface area contributed by atoms with E-state index < -0.39 is 10.0 Å². The number of aromatic nitrogens is 4. The van der Waals surface area contributed by atoms with E-state index in [-0.39, 0.29) is 30.2 Å². The molecule has 41 heavy (non-hydrogen) atoms. The van der Waals surface area contributed by atoms with Gasteiger partial charge in [-0.25, -0.2) is 18.1 Å². The summed E-state index contributed by atoms with van der Waals surface area (Å²) in [6.45, 7) is 4.32. The van der Waals surface area contributed by atoms with Gasteiger partial charge in [-0.3, -0.25) is 0 Å². The Morgan fingerprint density at radius 3 is 2.49 bits per heavy atom. The van der Waals surface area contributed by atoms with Gasteiger partial charge >= 0.3 is 0 Å². The lowest BCUT2D eigenvalue weighted by Gasteiger charge is -2.34. The van der Waals surface area contributed by atoms with Gasteiger partial charge in [0.15, 0.2) is 0 Å². The largest absolute Gasteiger partial charge is 0.373 e. The number of H-pyrrole nitrogens is 1. The third-order valence-corrected chi connectivity index (χ3v) is 8.79. The highest BCUT2D eigenvalue weighted by atomic mass is 32.2. The number of rotatable bonds is 6. The van der Waals surface area contributed by atoms with Gasteiger partial charge in [0.25, 0.3) is 0 Å². The van der Waals surface area contributed by atoms with Gasteiger partial charge in [-0.05, 0) is 56.3 Å². The summed E-state index contributed by atoms with van der Waals surface area (Å²) < 4.78 is 36.2. The average Bonchev–Trinajstić information content (AvgIpc) is 3.60. The summed E-state index contributed by atoms with van der Waals surface area (Å²) >= 11 is 0. The van der Waals surface area contributed by atoms with Crippen molar-refractivity contribution in [3.05, 3.63) is 96.4 Å². The first kappa shape index (κ1) is 26.7. The van der Waals surface area contributed by atoms with Gasteiger partial charge in [0, 0.05) is 30.4 Å². The summed E-state index contributed by atoms with van der Waals surface area (Å²) in [5.74, 6) is 0.444. The van der Waals surface area contributed by atoms with Gasteiger partial charge in [-0.2, -0.15) is 14.7 Å². The third-order valence-electron chi connectivity index (χ3n) is 6.96. The van der Waals surface area contributed by atoms with Crippen LogP contribution in [0.15, 0.2) is 90.0 Å². The maximum atomic E-state index is 13.6. The number of allylic oxidation sites excluding steroid dienone is 1. The molecule has 2 aromatic heterocycles. The van der Waals surface area contributed by atoms with Gasteiger partial charge in [-0.15, -0.1) is 0 Å². The molecule has 0 amide bonds. The molecule has 3 aromatic carbocycles. The normalized spacial score (nSPS) is 18.4. The Morgan fingerprint density at radius 2 is 1.76 bits per heavy atom. The van der Waals surface area contributed by atoms with Crippen LogP contribution in [-0.4, -0.2) is 57.8 Å². The number of hydrogen-bond acceptors (Lipinski definition) is 6. The second-order valence-corrected chi connectivity index (χ2v) is 12.0. The van der Waals surface area contributed by atoms with Gasteiger partial charge in [-0.1, -0.05) is 42.5 Å². The second kappa shape index (κ2) is 10.8. The first-order valence-electron chi connectivity index (χ1n) is 13.3. The Morgan fingerprint density at radius 1 is 1.02 bits per heavy atom. The molecule has 0 unspecified atom stereocenters. The van der Waals surface area contributed by atoms with E-state index in [1.54, 1.807) is 29.0 Å². The van der Waals surface area contributed by atoms with Crippen molar-refractivity contribution in [2.24, 2.45) is 0 Å². The SMILES string of the molecule is C[C@@H]1CN(S(=O)(=O)c2cccc(-c3nn(-c4ccccc4)cc3/C=C(/C#N)c3nc4ccccc4[nH]3)c2)C[C@@H](C)O1. The number of imidazole rings is 1. The number of aromatic amines is 1. The van der Waals surface area contributed by atoms with Crippen molar-refractivity contribution in [1.82, 2.24) is 24.1 Å². The smallest absolute Gasteiger partial charge is 0.243 e. The first-order chi connectivity index (χ1) is 19.8. The molecule has 0 bridgehead atoms. The molecule has 0 saturated carbocycles. The first-order valence-corrected chi connectivity index (χ1v) is 14.7. The number of benzene rings is 3. The van der Waals surface area contributed by atoms with Gasteiger partial charge in [0.2, 0.25) is 10.0 Å². The minimum absolute atomic E-state index is 0.179. The van der Waals surface area contributed by atoms with Crippen LogP contribution in [0.2, 0.25) is 0 Å². The highest BCUT2D eigenvalue weighted by molar-refractivity contribution is 7.89. The molecule has 9 nitrogen and oxygen atoms in total. The molecule has 1 aliphatic rings. The number of nitrogens with zero attached hydrogens (tertiary/aromatic N) is 5. The molecule has 5 aromatic rings.